The molecule has 2 rings (SSSR count). The zero-order valence-electron chi connectivity index (χ0n) is 13.0. The summed E-state index contributed by atoms with van der Waals surface area (Å²) < 4.78 is 0. The molecule has 24 heavy (non-hydrogen) atoms. The summed E-state index contributed by atoms with van der Waals surface area (Å²) in [5.74, 6) is 0.562. The Kier molecular flexibility index (Phi) is 7.14. The van der Waals surface area contributed by atoms with E-state index in [1.807, 2.05) is 30.3 Å². The molecule has 1 heterocycles. The van der Waals surface area contributed by atoms with E-state index < -0.39 is 0 Å². The highest BCUT2D eigenvalue weighted by atomic mass is 32.1. The topological polar surface area (TPSA) is 71.1 Å². The van der Waals surface area contributed by atoms with Gasteiger partial charge in [-0.2, -0.15) is 25.3 Å². The van der Waals surface area contributed by atoms with E-state index in [2.05, 4.69) is 40.9 Å². The maximum absolute atomic E-state index is 12.4. The molecule has 1 aromatic carbocycles. The van der Waals surface area contributed by atoms with Crippen molar-refractivity contribution in [3.8, 4) is 11.1 Å². The fourth-order valence-electron chi connectivity index (χ4n) is 2.14. The van der Waals surface area contributed by atoms with Crippen LogP contribution in [0.4, 0.5) is 0 Å². The highest BCUT2D eigenvalue weighted by Crippen LogP contribution is 2.24. The number of hydrogen-bond acceptors (Lipinski definition) is 5. The van der Waals surface area contributed by atoms with Crippen LogP contribution in [0.2, 0.25) is 0 Å². The highest BCUT2D eigenvalue weighted by molar-refractivity contribution is 7.80. The summed E-state index contributed by atoms with van der Waals surface area (Å²) in [7, 11) is 0. The van der Waals surface area contributed by atoms with Crippen molar-refractivity contribution in [2.24, 2.45) is 0 Å². The zero-order valence-corrected chi connectivity index (χ0v) is 14.8. The normalized spacial score (nSPS) is 10.2. The standard InChI is InChI=1S/C17H19N3O2S2/c21-16(18-6-8-23)14-11-20-15(17(22)19-7-9-24)10-13(14)12-4-2-1-3-5-12/h1-5,10-11,23-24H,6-9H2,(H,18,21)(H,19,22). The van der Waals surface area contributed by atoms with Crippen LogP contribution in [-0.4, -0.2) is 41.4 Å². The minimum atomic E-state index is -0.288. The van der Waals surface area contributed by atoms with Gasteiger partial charge >= 0.3 is 0 Å². The van der Waals surface area contributed by atoms with Crippen molar-refractivity contribution < 1.29 is 9.59 Å². The molecule has 0 aliphatic heterocycles. The number of amides is 2. The predicted molar refractivity (Wildman–Crippen MR) is 102 cm³/mol. The molecular weight excluding hydrogens is 342 g/mol. The number of rotatable bonds is 7. The van der Waals surface area contributed by atoms with Crippen molar-refractivity contribution >= 4 is 37.1 Å². The maximum Gasteiger partial charge on any atom is 0.269 e. The summed E-state index contributed by atoms with van der Waals surface area (Å²) in [5.41, 5.74) is 2.20. The summed E-state index contributed by atoms with van der Waals surface area (Å²) in [6.07, 6.45) is 1.44. The maximum atomic E-state index is 12.4. The first-order valence-electron chi connectivity index (χ1n) is 7.51. The molecule has 7 heteroatoms. The molecule has 0 bridgehead atoms. The number of pyridine rings is 1. The molecule has 5 nitrogen and oxygen atoms in total. The summed E-state index contributed by atoms with van der Waals surface area (Å²) in [6, 6.07) is 11.1. The highest BCUT2D eigenvalue weighted by Gasteiger charge is 2.16. The van der Waals surface area contributed by atoms with Crippen LogP contribution >= 0.6 is 25.3 Å². The number of aromatic nitrogens is 1. The number of carbonyl (C=O) groups is 2. The largest absolute Gasteiger partial charge is 0.351 e. The van der Waals surface area contributed by atoms with Crippen LogP contribution in [0.5, 0.6) is 0 Å². The van der Waals surface area contributed by atoms with Gasteiger partial charge in [0.15, 0.2) is 0 Å². The number of carbonyl (C=O) groups excluding carboxylic acids is 2. The van der Waals surface area contributed by atoms with Crippen LogP contribution in [-0.2, 0) is 0 Å². The summed E-state index contributed by atoms with van der Waals surface area (Å²) in [4.78, 5) is 28.6. The number of nitrogens with zero attached hydrogens (tertiary/aromatic N) is 1. The average Bonchev–Trinajstić information content (AvgIpc) is 2.64. The van der Waals surface area contributed by atoms with Crippen molar-refractivity contribution in [2.45, 2.75) is 0 Å². The molecule has 0 unspecified atom stereocenters. The number of thiol groups is 2. The molecule has 0 fully saturated rings. The van der Waals surface area contributed by atoms with Crippen molar-refractivity contribution in [3.05, 3.63) is 53.9 Å². The molecule has 0 spiro atoms. The molecule has 0 saturated heterocycles. The van der Waals surface area contributed by atoms with E-state index in [4.69, 9.17) is 0 Å². The predicted octanol–water partition coefficient (Wildman–Crippen LogP) is 2.07. The minimum absolute atomic E-state index is 0.238. The third-order valence-electron chi connectivity index (χ3n) is 3.26. The van der Waals surface area contributed by atoms with E-state index in [-0.39, 0.29) is 17.5 Å². The van der Waals surface area contributed by atoms with Gasteiger partial charge in [-0.15, -0.1) is 0 Å². The quantitative estimate of drug-likeness (QED) is 0.571. The lowest BCUT2D eigenvalue weighted by Crippen LogP contribution is -2.28. The van der Waals surface area contributed by atoms with Gasteiger partial charge < -0.3 is 10.6 Å². The van der Waals surface area contributed by atoms with Crippen LogP contribution < -0.4 is 10.6 Å². The lowest BCUT2D eigenvalue weighted by atomic mass is 10.00. The third-order valence-corrected chi connectivity index (χ3v) is 3.71. The fraction of sp³-hybridized carbons (Fsp3) is 0.235. The Labute approximate surface area is 152 Å². The lowest BCUT2D eigenvalue weighted by molar-refractivity contribution is 0.0940. The van der Waals surface area contributed by atoms with Gasteiger partial charge in [0.25, 0.3) is 11.8 Å². The van der Waals surface area contributed by atoms with Crippen molar-refractivity contribution in [1.29, 1.82) is 0 Å². The molecule has 126 valence electrons. The molecule has 2 aromatic rings. The van der Waals surface area contributed by atoms with Gasteiger partial charge in [0.05, 0.1) is 5.56 Å². The van der Waals surface area contributed by atoms with Gasteiger partial charge in [-0.3, -0.25) is 14.6 Å². The van der Waals surface area contributed by atoms with Crippen LogP contribution in [0.3, 0.4) is 0 Å². The van der Waals surface area contributed by atoms with E-state index in [0.29, 0.717) is 35.7 Å². The Morgan fingerprint density at radius 2 is 1.58 bits per heavy atom. The Hall–Kier alpha value is -1.99. The fourth-order valence-corrected chi connectivity index (χ4v) is 2.37. The van der Waals surface area contributed by atoms with Gasteiger partial charge in [0.2, 0.25) is 0 Å². The van der Waals surface area contributed by atoms with Crippen molar-refractivity contribution in [2.75, 3.05) is 24.6 Å². The van der Waals surface area contributed by atoms with E-state index in [1.54, 1.807) is 6.07 Å². The second-order valence-electron chi connectivity index (χ2n) is 4.94. The summed E-state index contributed by atoms with van der Waals surface area (Å²) in [5, 5.41) is 5.50. The SMILES string of the molecule is O=C(NCCS)c1cc(-c2ccccc2)c(C(=O)NCCS)cn1. The molecular formula is C17H19N3O2S2. The smallest absolute Gasteiger partial charge is 0.269 e. The molecule has 2 amide bonds. The number of nitrogens with one attached hydrogen (secondary N) is 2. The van der Waals surface area contributed by atoms with Crippen LogP contribution in [0.25, 0.3) is 11.1 Å². The molecule has 0 aliphatic rings. The second-order valence-corrected chi connectivity index (χ2v) is 5.83. The first-order valence-corrected chi connectivity index (χ1v) is 8.77. The van der Waals surface area contributed by atoms with E-state index in [9.17, 15) is 9.59 Å². The third kappa shape index (κ3) is 4.75. The Balaban J connectivity index is 2.40. The Morgan fingerprint density at radius 3 is 2.21 bits per heavy atom. The van der Waals surface area contributed by atoms with Gasteiger partial charge in [-0.1, -0.05) is 30.3 Å². The Morgan fingerprint density at radius 1 is 0.958 bits per heavy atom. The molecule has 0 radical (unpaired) electrons. The van der Waals surface area contributed by atoms with E-state index >= 15 is 0 Å². The van der Waals surface area contributed by atoms with Gasteiger partial charge in [-0.25, -0.2) is 0 Å². The first kappa shape index (κ1) is 18.4. The first-order chi connectivity index (χ1) is 11.7. The van der Waals surface area contributed by atoms with Gasteiger partial charge in [0, 0.05) is 30.8 Å². The van der Waals surface area contributed by atoms with Crippen LogP contribution in [0, 0.1) is 0 Å². The molecule has 1 aromatic heterocycles. The molecule has 2 N–H and O–H groups in total. The molecule has 0 saturated carbocycles. The zero-order chi connectivity index (χ0) is 17.4. The van der Waals surface area contributed by atoms with Gasteiger partial charge in [-0.05, 0) is 17.2 Å². The summed E-state index contributed by atoms with van der Waals surface area (Å²) >= 11 is 8.16. The monoisotopic (exact) mass is 361 g/mol. The van der Waals surface area contributed by atoms with E-state index in [0.717, 1.165) is 5.56 Å². The lowest BCUT2D eigenvalue weighted by Gasteiger charge is -2.11. The van der Waals surface area contributed by atoms with Crippen LogP contribution in [0.15, 0.2) is 42.6 Å². The molecule has 0 aliphatic carbocycles. The van der Waals surface area contributed by atoms with Gasteiger partial charge in [0.1, 0.15) is 5.69 Å². The minimum Gasteiger partial charge on any atom is -0.351 e. The van der Waals surface area contributed by atoms with Crippen molar-refractivity contribution in [3.63, 3.8) is 0 Å². The van der Waals surface area contributed by atoms with Crippen molar-refractivity contribution in [1.82, 2.24) is 15.6 Å². The Bertz CT molecular complexity index is 708. The number of hydrogen-bond donors (Lipinski definition) is 4. The number of benzene rings is 1. The summed E-state index contributed by atoms with van der Waals surface area (Å²) in [6.45, 7) is 0.912. The average molecular weight is 361 g/mol. The van der Waals surface area contributed by atoms with E-state index in [1.165, 1.54) is 6.20 Å². The molecule has 0 atom stereocenters. The second kappa shape index (κ2) is 9.34. The van der Waals surface area contributed by atoms with Crippen LogP contribution in [0.1, 0.15) is 20.8 Å².